The Morgan fingerprint density at radius 3 is 2.83 bits per heavy atom. The van der Waals surface area contributed by atoms with E-state index in [2.05, 4.69) is 20.7 Å². The highest BCUT2D eigenvalue weighted by Crippen LogP contribution is 2.21. The molecule has 9 heteroatoms. The molecule has 0 spiro atoms. The van der Waals surface area contributed by atoms with Gasteiger partial charge in [0.15, 0.2) is 0 Å². The number of tetrazole rings is 1. The third-order valence-electron chi connectivity index (χ3n) is 3.14. The number of nitrogens with zero attached hydrogens (tertiary/aromatic N) is 4. The molecule has 0 aliphatic carbocycles. The number of anilines is 2. The maximum Gasteiger partial charge on any atom is 0.248 e. The molecule has 1 aromatic heterocycles. The molecule has 0 saturated carbocycles. The lowest BCUT2D eigenvalue weighted by molar-refractivity contribution is -0.117. The van der Waals surface area contributed by atoms with E-state index in [1.165, 1.54) is 18.2 Å². The van der Waals surface area contributed by atoms with Gasteiger partial charge in [-0.25, -0.2) is 4.39 Å². The van der Waals surface area contributed by atoms with Crippen LogP contribution in [0, 0.1) is 5.82 Å². The van der Waals surface area contributed by atoms with Gasteiger partial charge in [-0.15, -0.1) is 10.2 Å². The van der Waals surface area contributed by atoms with Crippen LogP contribution >= 0.6 is 11.6 Å². The third kappa shape index (κ3) is 3.49. The molecule has 0 fully saturated rings. The van der Waals surface area contributed by atoms with Crippen LogP contribution in [0.2, 0.25) is 5.02 Å². The summed E-state index contributed by atoms with van der Waals surface area (Å²) in [7, 11) is 0. The van der Waals surface area contributed by atoms with Crippen molar-refractivity contribution in [3.8, 4) is 11.4 Å². The van der Waals surface area contributed by atoms with Crippen molar-refractivity contribution in [3.05, 3.63) is 53.3 Å². The van der Waals surface area contributed by atoms with Crippen LogP contribution in [-0.2, 0) is 11.3 Å². The second kappa shape index (κ2) is 6.63. The molecule has 3 rings (SSSR count). The van der Waals surface area contributed by atoms with Crippen molar-refractivity contribution in [2.24, 2.45) is 0 Å². The number of nitrogens with one attached hydrogen (secondary N) is 1. The summed E-state index contributed by atoms with van der Waals surface area (Å²) in [6.45, 7) is -0.158. The molecular weight excluding hydrogens is 335 g/mol. The first-order valence-electron chi connectivity index (χ1n) is 6.90. The van der Waals surface area contributed by atoms with Crippen LogP contribution in [0.3, 0.4) is 0 Å². The van der Waals surface area contributed by atoms with Crippen molar-refractivity contribution in [2.75, 3.05) is 11.1 Å². The molecule has 2 aromatic carbocycles. The van der Waals surface area contributed by atoms with E-state index in [4.69, 9.17) is 17.3 Å². The number of hydrogen-bond acceptors (Lipinski definition) is 5. The Morgan fingerprint density at radius 1 is 1.29 bits per heavy atom. The molecule has 3 N–H and O–H groups in total. The van der Waals surface area contributed by atoms with Gasteiger partial charge in [-0.05, 0) is 35.5 Å². The van der Waals surface area contributed by atoms with E-state index in [9.17, 15) is 9.18 Å². The fourth-order valence-electron chi connectivity index (χ4n) is 2.02. The van der Waals surface area contributed by atoms with Gasteiger partial charge in [0.25, 0.3) is 0 Å². The number of hydrogen-bond donors (Lipinski definition) is 2. The summed E-state index contributed by atoms with van der Waals surface area (Å²) in [5.41, 5.74) is 7.38. The summed E-state index contributed by atoms with van der Waals surface area (Å²) < 4.78 is 13.1. The zero-order valence-corrected chi connectivity index (χ0v) is 13.0. The molecule has 1 amide bonds. The number of carbonyl (C=O) groups excluding carboxylic acids is 1. The quantitative estimate of drug-likeness (QED) is 0.706. The molecule has 0 unspecified atom stereocenters. The zero-order chi connectivity index (χ0) is 17.1. The van der Waals surface area contributed by atoms with Crippen molar-refractivity contribution in [1.29, 1.82) is 0 Å². The summed E-state index contributed by atoms with van der Waals surface area (Å²) in [6.07, 6.45) is 0. The minimum atomic E-state index is -0.558. The number of nitrogen functional groups attached to an aromatic ring is 1. The lowest BCUT2D eigenvalue weighted by Crippen LogP contribution is -2.20. The predicted molar refractivity (Wildman–Crippen MR) is 87.7 cm³/mol. The van der Waals surface area contributed by atoms with E-state index in [1.807, 2.05) is 0 Å². The van der Waals surface area contributed by atoms with Crippen molar-refractivity contribution in [3.63, 3.8) is 0 Å². The monoisotopic (exact) mass is 346 g/mol. The highest BCUT2D eigenvalue weighted by Gasteiger charge is 2.12. The van der Waals surface area contributed by atoms with Crippen LogP contribution in [0.15, 0.2) is 42.5 Å². The largest absolute Gasteiger partial charge is 0.398 e. The van der Waals surface area contributed by atoms with Crippen molar-refractivity contribution in [1.82, 2.24) is 20.2 Å². The van der Waals surface area contributed by atoms with Crippen LogP contribution in [0.25, 0.3) is 11.4 Å². The van der Waals surface area contributed by atoms with Crippen molar-refractivity contribution >= 4 is 28.9 Å². The van der Waals surface area contributed by atoms with E-state index in [0.717, 1.165) is 4.80 Å². The zero-order valence-electron chi connectivity index (χ0n) is 12.3. The number of amides is 1. The lowest BCUT2D eigenvalue weighted by Gasteiger charge is -2.05. The highest BCUT2D eigenvalue weighted by atomic mass is 35.5. The minimum absolute atomic E-state index is 0.0754. The average Bonchev–Trinajstić information content (AvgIpc) is 2.99. The standard InChI is InChI=1S/C15H12ClFN6O/c16-11-7-9(5-6-12(11)17)19-14(24)8-23-21-15(20-22-23)10-3-1-2-4-13(10)18/h1-7H,8,18H2,(H,19,24). The molecule has 0 aliphatic heterocycles. The first kappa shape index (κ1) is 15.9. The Morgan fingerprint density at radius 2 is 2.08 bits per heavy atom. The number of halogens is 2. The fourth-order valence-corrected chi connectivity index (χ4v) is 2.20. The smallest absolute Gasteiger partial charge is 0.248 e. The summed E-state index contributed by atoms with van der Waals surface area (Å²) in [4.78, 5) is 13.1. The molecule has 7 nitrogen and oxygen atoms in total. The number of para-hydroxylation sites is 1. The Balaban J connectivity index is 1.69. The molecule has 122 valence electrons. The summed E-state index contributed by atoms with van der Waals surface area (Å²) >= 11 is 5.67. The Labute approximate surface area is 141 Å². The normalized spacial score (nSPS) is 10.6. The second-order valence-electron chi connectivity index (χ2n) is 4.91. The summed E-state index contributed by atoms with van der Waals surface area (Å²) in [5, 5.41) is 14.3. The van der Waals surface area contributed by atoms with Crippen LogP contribution in [-0.4, -0.2) is 26.1 Å². The van der Waals surface area contributed by atoms with Gasteiger partial charge < -0.3 is 11.1 Å². The van der Waals surface area contributed by atoms with Gasteiger partial charge in [0.2, 0.25) is 11.7 Å². The maximum absolute atomic E-state index is 13.1. The Kier molecular flexibility index (Phi) is 4.39. The number of rotatable bonds is 4. The lowest BCUT2D eigenvalue weighted by atomic mass is 10.2. The van der Waals surface area contributed by atoms with Gasteiger partial charge in [0.1, 0.15) is 12.4 Å². The second-order valence-corrected chi connectivity index (χ2v) is 5.31. The first-order valence-corrected chi connectivity index (χ1v) is 7.28. The Hall–Kier alpha value is -3.00. The summed E-state index contributed by atoms with van der Waals surface area (Å²) in [6, 6.07) is 11.0. The van der Waals surface area contributed by atoms with E-state index < -0.39 is 11.7 Å². The van der Waals surface area contributed by atoms with Gasteiger partial charge in [-0.2, -0.15) is 4.80 Å². The number of aromatic nitrogens is 4. The molecule has 1 heterocycles. The van der Waals surface area contributed by atoms with Crippen LogP contribution in [0.5, 0.6) is 0 Å². The topological polar surface area (TPSA) is 98.7 Å². The van der Waals surface area contributed by atoms with E-state index in [-0.39, 0.29) is 11.6 Å². The molecule has 0 aliphatic rings. The number of nitrogens with two attached hydrogens (primary N) is 1. The number of carbonyl (C=O) groups is 1. The average molecular weight is 347 g/mol. The van der Waals surface area contributed by atoms with Gasteiger partial charge in [-0.3, -0.25) is 4.79 Å². The fraction of sp³-hybridized carbons (Fsp3) is 0.0667. The predicted octanol–water partition coefficient (Wildman–Crippen LogP) is 2.35. The van der Waals surface area contributed by atoms with Crippen LogP contribution < -0.4 is 11.1 Å². The van der Waals surface area contributed by atoms with Gasteiger partial charge in [0.05, 0.1) is 5.02 Å². The van der Waals surface area contributed by atoms with Crippen molar-refractivity contribution in [2.45, 2.75) is 6.54 Å². The molecule has 3 aromatic rings. The van der Waals surface area contributed by atoms with E-state index in [0.29, 0.717) is 22.8 Å². The SMILES string of the molecule is Nc1ccccc1-c1nnn(CC(=O)Nc2ccc(F)c(Cl)c2)n1. The minimum Gasteiger partial charge on any atom is -0.398 e. The van der Waals surface area contributed by atoms with Crippen LogP contribution in [0.1, 0.15) is 0 Å². The molecular formula is C15H12ClFN6O. The highest BCUT2D eigenvalue weighted by molar-refractivity contribution is 6.31. The molecule has 0 saturated heterocycles. The van der Waals surface area contributed by atoms with Gasteiger partial charge in [0, 0.05) is 16.9 Å². The summed E-state index contributed by atoms with van der Waals surface area (Å²) in [5.74, 6) is -0.633. The number of benzene rings is 2. The van der Waals surface area contributed by atoms with Gasteiger partial charge in [-0.1, -0.05) is 23.7 Å². The molecule has 24 heavy (non-hydrogen) atoms. The maximum atomic E-state index is 13.1. The molecule has 0 bridgehead atoms. The van der Waals surface area contributed by atoms with Gasteiger partial charge >= 0.3 is 0 Å². The molecule has 0 atom stereocenters. The van der Waals surface area contributed by atoms with Crippen molar-refractivity contribution < 1.29 is 9.18 Å². The van der Waals surface area contributed by atoms with Crippen LogP contribution in [0.4, 0.5) is 15.8 Å². The third-order valence-corrected chi connectivity index (χ3v) is 3.43. The van der Waals surface area contributed by atoms with E-state index in [1.54, 1.807) is 24.3 Å². The molecule has 0 radical (unpaired) electrons. The Bertz CT molecular complexity index is 897. The van der Waals surface area contributed by atoms with E-state index >= 15 is 0 Å². The first-order chi connectivity index (χ1) is 11.5.